The maximum atomic E-state index is 8.91. The molecule has 0 aliphatic rings. The lowest BCUT2D eigenvalue weighted by atomic mass is 10.1. The first-order valence-electron chi connectivity index (χ1n) is 5.93. The largest absolute Gasteiger partial charge is 0.354 e. The normalized spacial score (nSPS) is 10.0. The molecular formula is C15H14BrN3. The highest BCUT2D eigenvalue weighted by atomic mass is 79.9. The van der Waals surface area contributed by atoms with E-state index in [1.54, 1.807) is 6.20 Å². The standard InChI is InChI=1S/C15H14BrN3/c1-11-6-7-18-15(14(11)16)19(2)10-13-5-3-4-12(8-13)9-17/h3-8H,10H2,1-2H3. The summed E-state index contributed by atoms with van der Waals surface area (Å²) in [7, 11) is 1.99. The van der Waals surface area contributed by atoms with Gasteiger partial charge in [0.25, 0.3) is 0 Å². The van der Waals surface area contributed by atoms with E-state index in [1.807, 2.05) is 44.3 Å². The number of anilines is 1. The zero-order valence-corrected chi connectivity index (χ0v) is 12.5. The number of nitrogens with zero attached hydrogens (tertiary/aromatic N) is 3. The first kappa shape index (κ1) is 13.6. The molecule has 0 saturated carbocycles. The number of rotatable bonds is 3. The second kappa shape index (κ2) is 5.85. The maximum Gasteiger partial charge on any atom is 0.143 e. The summed E-state index contributed by atoms with van der Waals surface area (Å²) in [5, 5.41) is 8.91. The van der Waals surface area contributed by atoms with Crippen LogP contribution in [0.25, 0.3) is 0 Å². The molecule has 0 unspecified atom stereocenters. The van der Waals surface area contributed by atoms with Crippen LogP contribution >= 0.6 is 15.9 Å². The summed E-state index contributed by atoms with van der Waals surface area (Å²) in [5.41, 5.74) is 2.93. The molecule has 0 spiro atoms. The van der Waals surface area contributed by atoms with Gasteiger partial charge < -0.3 is 4.90 Å². The van der Waals surface area contributed by atoms with Gasteiger partial charge in [0, 0.05) is 19.8 Å². The van der Waals surface area contributed by atoms with Gasteiger partial charge >= 0.3 is 0 Å². The minimum atomic E-state index is 0.683. The van der Waals surface area contributed by atoms with Crippen LogP contribution in [0.3, 0.4) is 0 Å². The van der Waals surface area contributed by atoms with Crippen molar-refractivity contribution < 1.29 is 0 Å². The van der Waals surface area contributed by atoms with Crippen LogP contribution in [0.1, 0.15) is 16.7 Å². The van der Waals surface area contributed by atoms with Crippen molar-refractivity contribution in [1.29, 1.82) is 5.26 Å². The van der Waals surface area contributed by atoms with E-state index in [9.17, 15) is 0 Å². The van der Waals surface area contributed by atoms with E-state index in [0.29, 0.717) is 12.1 Å². The number of aryl methyl sites for hydroxylation is 1. The molecule has 96 valence electrons. The summed E-state index contributed by atoms with van der Waals surface area (Å²) in [6, 6.07) is 11.8. The molecule has 0 saturated heterocycles. The maximum absolute atomic E-state index is 8.91. The van der Waals surface area contributed by atoms with Gasteiger partial charge in [-0.2, -0.15) is 5.26 Å². The number of hydrogen-bond donors (Lipinski definition) is 0. The molecule has 0 radical (unpaired) electrons. The van der Waals surface area contributed by atoms with E-state index in [0.717, 1.165) is 21.4 Å². The van der Waals surface area contributed by atoms with Crippen molar-refractivity contribution in [2.24, 2.45) is 0 Å². The molecule has 0 amide bonds. The van der Waals surface area contributed by atoms with Crippen LogP contribution in [0.2, 0.25) is 0 Å². The van der Waals surface area contributed by atoms with Gasteiger partial charge in [0.1, 0.15) is 5.82 Å². The smallest absolute Gasteiger partial charge is 0.143 e. The average Bonchev–Trinajstić information content (AvgIpc) is 2.42. The molecule has 3 nitrogen and oxygen atoms in total. The summed E-state index contributed by atoms with van der Waals surface area (Å²) in [5.74, 6) is 0.905. The number of hydrogen-bond acceptors (Lipinski definition) is 3. The number of halogens is 1. The first-order chi connectivity index (χ1) is 9.11. The number of pyridine rings is 1. The van der Waals surface area contributed by atoms with Crippen LogP contribution in [0.5, 0.6) is 0 Å². The average molecular weight is 316 g/mol. The minimum absolute atomic E-state index is 0.683. The van der Waals surface area contributed by atoms with E-state index < -0.39 is 0 Å². The molecule has 2 rings (SSSR count). The van der Waals surface area contributed by atoms with Crippen molar-refractivity contribution in [3.8, 4) is 6.07 Å². The monoisotopic (exact) mass is 315 g/mol. The lowest BCUT2D eigenvalue weighted by Crippen LogP contribution is -2.18. The van der Waals surface area contributed by atoms with Crippen molar-refractivity contribution in [1.82, 2.24) is 4.98 Å². The zero-order chi connectivity index (χ0) is 13.8. The van der Waals surface area contributed by atoms with E-state index >= 15 is 0 Å². The Kier molecular flexibility index (Phi) is 4.18. The van der Waals surface area contributed by atoms with Crippen molar-refractivity contribution >= 4 is 21.7 Å². The highest BCUT2D eigenvalue weighted by molar-refractivity contribution is 9.10. The quantitative estimate of drug-likeness (QED) is 0.867. The van der Waals surface area contributed by atoms with E-state index in [2.05, 4.69) is 31.9 Å². The molecule has 0 bridgehead atoms. The van der Waals surface area contributed by atoms with Gasteiger partial charge in [-0.3, -0.25) is 0 Å². The van der Waals surface area contributed by atoms with Crippen molar-refractivity contribution in [3.05, 3.63) is 57.7 Å². The molecule has 1 aromatic heterocycles. The highest BCUT2D eigenvalue weighted by Crippen LogP contribution is 2.26. The topological polar surface area (TPSA) is 39.9 Å². The van der Waals surface area contributed by atoms with Crippen LogP contribution in [0.15, 0.2) is 41.0 Å². The Bertz CT molecular complexity index is 632. The van der Waals surface area contributed by atoms with Crippen LogP contribution in [-0.2, 0) is 6.54 Å². The fraction of sp³-hybridized carbons (Fsp3) is 0.200. The van der Waals surface area contributed by atoms with Crippen LogP contribution in [0.4, 0.5) is 5.82 Å². The molecular weight excluding hydrogens is 302 g/mol. The predicted octanol–water partition coefficient (Wildman–Crippen LogP) is 3.66. The lowest BCUT2D eigenvalue weighted by Gasteiger charge is -2.20. The molecule has 4 heteroatoms. The van der Waals surface area contributed by atoms with Crippen LogP contribution < -0.4 is 4.90 Å². The van der Waals surface area contributed by atoms with Gasteiger partial charge in [-0.15, -0.1) is 0 Å². The van der Waals surface area contributed by atoms with E-state index in [-0.39, 0.29) is 0 Å². The lowest BCUT2D eigenvalue weighted by molar-refractivity contribution is 0.891. The number of benzene rings is 1. The van der Waals surface area contributed by atoms with E-state index in [1.165, 1.54) is 0 Å². The third kappa shape index (κ3) is 3.12. The Labute approximate surface area is 121 Å². The van der Waals surface area contributed by atoms with Gasteiger partial charge in [-0.1, -0.05) is 12.1 Å². The molecule has 0 atom stereocenters. The summed E-state index contributed by atoms with van der Waals surface area (Å²) in [6.45, 7) is 2.75. The Morgan fingerprint density at radius 1 is 1.37 bits per heavy atom. The molecule has 0 aliphatic carbocycles. The van der Waals surface area contributed by atoms with Crippen molar-refractivity contribution in [3.63, 3.8) is 0 Å². The van der Waals surface area contributed by atoms with E-state index in [4.69, 9.17) is 5.26 Å². The summed E-state index contributed by atoms with van der Waals surface area (Å²) in [4.78, 5) is 6.45. The van der Waals surface area contributed by atoms with Gasteiger partial charge in [0.05, 0.1) is 16.1 Å². The Balaban J connectivity index is 2.23. The van der Waals surface area contributed by atoms with Gasteiger partial charge in [-0.25, -0.2) is 4.98 Å². The van der Waals surface area contributed by atoms with Gasteiger partial charge in [-0.05, 0) is 52.2 Å². The third-order valence-corrected chi connectivity index (χ3v) is 3.88. The number of aromatic nitrogens is 1. The van der Waals surface area contributed by atoms with Gasteiger partial charge in [0.15, 0.2) is 0 Å². The number of nitriles is 1. The Morgan fingerprint density at radius 2 is 2.16 bits per heavy atom. The first-order valence-corrected chi connectivity index (χ1v) is 6.72. The molecule has 1 heterocycles. The van der Waals surface area contributed by atoms with Gasteiger partial charge in [0.2, 0.25) is 0 Å². The Hall–Kier alpha value is -1.86. The van der Waals surface area contributed by atoms with Crippen LogP contribution in [-0.4, -0.2) is 12.0 Å². The fourth-order valence-corrected chi connectivity index (χ4v) is 2.42. The second-order valence-corrected chi connectivity index (χ2v) is 5.23. The third-order valence-electron chi connectivity index (χ3n) is 2.90. The van der Waals surface area contributed by atoms with Crippen molar-refractivity contribution in [2.45, 2.75) is 13.5 Å². The SMILES string of the molecule is Cc1ccnc(N(C)Cc2cccc(C#N)c2)c1Br. The minimum Gasteiger partial charge on any atom is -0.354 e. The molecule has 19 heavy (non-hydrogen) atoms. The molecule has 1 aromatic carbocycles. The molecule has 0 N–H and O–H groups in total. The van der Waals surface area contributed by atoms with Crippen LogP contribution in [0, 0.1) is 18.3 Å². The summed E-state index contributed by atoms with van der Waals surface area (Å²) in [6.07, 6.45) is 1.80. The van der Waals surface area contributed by atoms with Crippen molar-refractivity contribution in [2.75, 3.05) is 11.9 Å². The molecule has 0 aliphatic heterocycles. The molecule has 0 fully saturated rings. The summed E-state index contributed by atoms with van der Waals surface area (Å²) < 4.78 is 1.01. The Morgan fingerprint density at radius 3 is 2.89 bits per heavy atom. The fourth-order valence-electron chi connectivity index (χ4n) is 1.88. The summed E-state index contributed by atoms with van der Waals surface area (Å²) >= 11 is 3.57. The highest BCUT2D eigenvalue weighted by Gasteiger charge is 2.09. The second-order valence-electron chi connectivity index (χ2n) is 4.43. The predicted molar refractivity (Wildman–Crippen MR) is 79.9 cm³/mol. The zero-order valence-electron chi connectivity index (χ0n) is 10.9. The molecule has 2 aromatic rings.